The standard InChI is InChI=1S/C13H18N4O/c14-7-10-5-6-16-13(12(10)15)17-8-9-1-3-11(18)4-2-9/h5-6,9,11,18H,1-4,8,15H2,(H,16,17). The summed E-state index contributed by atoms with van der Waals surface area (Å²) in [5.74, 6) is 1.13. The largest absolute Gasteiger partial charge is 0.395 e. The molecule has 0 unspecified atom stereocenters. The van der Waals surface area contributed by atoms with Gasteiger partial charge in [-0.2, -0.15) is 5.26 Å². The molecule has 0 radical (unpaired) electrons. The van der Waals surface area contributed by atoms with Crippen LogP contribution in [0.1, 0.15) is 31.2 Å². The SMILES string of the molecule is N#Cc1ccnc(NCC2CCC(O)CC2)c1N. The molecule has 2 rings (SSSR count). The van der Waals surface area contributed by atoms with Gasteiger partial charge in [0.15, 0.2) is 5.82 Å². The van der Waals surface area contributed by atoms with E-state index in [1.807, 2.05) is 6.07 Å². The van der Waals surface area contributed by atoms with Gasteiger partial charge < -0.3 is 16.2 Å². The molecule has 1 saturated carbocycles. The van der Waals surface area contributed by atoms with Gasteiger partial charge in [-0.15, -0.1) is 0 Å². The Bertz CT molecular complexity index is 447. The van der Waals surface area contributed by atoms with Crippen molar-refractivity contribution >= 4 is 11.5 Å². The molecule has 0 saturated heterocycles. The first-order chi connectivity index (χ1) is 8.70. The minimum absolute atomic E-state index is 0.133. The van der Waals surface area contributed by atoms with Crippen molar-refractivity contribution in [2.24, 2.45) is 5.92 Å². The second-order valence-corrected chi connectivity index (χ2v) is 4.79. The number of aromatic nitrogens is 1. The van der Waals surface area contributed by atoms with Gasteiger partial charge in [0.1, 0.15) is 6.07 Å². The van der Waals surface area contributed by atoms with E-state index in [4.69, 9.17) is 11.0 Å². The number of hydrogen-bond acceptors (Lipinski definition) is 5. The second kappa shape index (κ2) is 5.69. The van der Waals surface area contributed by atoms with Crippen LogP contribution < -0.4 is 11.1 Å². The molecule has 0 atom stereocenters. The van der Waals surface area contributed by atoms with Gasteiger partial charge in [-0.25, -0.2) is 4.98 Å². The van der Waals surface area contributed by atoms with Gasteiger partial charge in [-0.1, -0.05) is 0 Å². The molecule has 1 aromatic rings. The number of nitrogens with zero attached hydrogens (tertiary/aromatic N) is 2. The summed E-state index contributed by atoms with van der Waals surface area (Å²) in [5, 5.41) is 21.5. The average molecular weight is 246 g/mol. The van der Waals surface area contributed by atoms with Crippen LogP contribution in [0.15, 0.2) is 12.3 Å². The van der Waals surface area contributed by atoms with Gasteiger partial charge in [0.2, 0.25) is 0 Å². The van der Waals surface area contributed by atoms with Crippen molar-refractivity contribution in [3.63, 3.8) is 0 Å². The van der Waals surface area contributed by atoms with Crippen LogP contribution in [0.3, 0.4) is 0 Å². The Hall–Kier alpha value is -1.80. The first-order valence-corrected chi connectivity index (χ1v) is 6.27. The molecule has 0 aromatic carbocycles. The van der Waals surface area contributed by atoms with E-state index < -0.39 is 0 Å². The second-order valence-electron chi connectivity index (χ2n) is 4.79. The van der Waals surface area contributed by atoms with Crippen molar-refractivity contribution in [3.05, 3.63) is 17.8 Å². The molecule has 0 amide bonds. The third-order valence-electron chi connectivity index (χ3n) is 3.49. The number of rotatable bonds is 3. The number of hydrogen-bond donors (Lipinski definition) is 3. The van der Waals surface area contributed by atoms with Crippen LogP contribution in [0.4, 0.5) is 11.5 Å². The molecule has 1 heterocycles. The predicted octanol–water partition coefficient (Wildman–Crippen LogP) is 1.50. The van der Waals surface area contributed by atoms with Gasteiger partial charge in [-0.05, 0) is 37.7 Å². The number of anilines is 2. The summed E-state index contributed by atoms with van der Waals surface area (Å²) in [6, 6.07) is 3.65. The summed E-state index contributed by atoms with van der Waals surface area (Å²) >= 11 is 0. The highest BCUT2D eigenvalue weighted by atomic mass is 16.3. The third kappa shape index (κ3) is 2.90. The number of aliphatic hydroxyl groups excluding tert-OH is 1. The molecule has 96 valence electrons. The quantitative estimate of drug-likeness (QED) is 0.751. The molecule has 4 N–H and O–H groups in total. The van der Waals surface area contributed by atoms with Crippen LogP contribution in [0.25, 0.3) is 0 Å². The highest BCUT2D eigenvalue weighted by Crippen LogP contribution is 2.25. The monoisotopic (exact) mass is 246 g/mol. The Labute approximate surface area is 107 Å². The van der Waals surface area contributed by atoms with E-state index in [2.05, 4.69) is 10.3 Å². The summed E-state index contributed by atoms with van der Waals surface area (Å²) in [6.45, 7) is 0.790. The van der Waals surface area contributed by atoms with E-state index in [0.29, 0.717) is 23.0 Å². The molecule has 1 fully saturated rings. The fourth-order valence-electron chi connectivity index (χ4n) is 2.30. The van der Waals surface area contributed by atoms with Gasteiger partial charge in [-0.3, -0.25) is 0 Å². The van der Waals surface area contributed by atoms with Gasteiger partial charge in [0.25, 0.3) is 0 Å². The fourth-order valence-corrected chi connectivity index (χ4v) is 2.30. The minimum Gasteiger partial charge on any atom is -0.395 e. The van der Waals surface area contributed by atoms with Crippen LogP contribution in [-0.4, -0.2) is 22.7 Å². The minimum atomic E-state index is -0.133. The molecule has 0 aliphatic heterocycles. The number of nitriles is 1. The lowest BCUT2D eigenvalue weighted by molar-refractivity contribution is 0.111. The molecule has 1 aliphatic rings. The number of aliphatic hydroxyl groups is 1. The first-order valence-electron chi connectivity index (χ1n) is 6.27. The fraction of sp³-hybridized carbons (Fsp3) is 0.538. The smallest absolute Gasteiger partial charge is 0.150 e. The highest BCUT2D eigenvalue weighted by molar-refractivity contribution is 5.68. The Morgan fingerprint density at radius 3 is 2.83 bits per heavy atom. The number of pyridine rings is 1. The maximum atomic E-state index is 9.44. The molecule has 5 nitrogen and oxygen atoms in total. The molecular weight excluding hydrogens is 228 g/mol. The number of nitrogens with two attached hydrogens (primary N) is 1. The molecule has 1 aliphatic carbocycles. The number of nitrogens with one attached hydrogen (secondary N) is 1. The maximum absolute atomic E-state index is 9.44. The van der Waals surface area contributed by atoms with Gasteiger partial charge >= 0.3 is 0 Å². The van der Waals surface area contributed by atoms with Crippen molar-refractivity contribution in [2.45, 2.75) is 31.8 Å². The Morgan fingerprint density at radius 1 is 1.44 bits per heavy atom. The molecule has 1 aromatic heterocycles. The third-order valence-corrected chi connectivity index (χ3v) is 3.49. The van der Waals surface area contributed by atoms with Crippen LogP contribution >= 0.6 is 0 Å². The molecule has 18 heavy (non-hydrogen) atoms. The predicted molar refractivity (Wildman–Crippen MR) is 69.8 cm³/mol. The van der Waals surface area contributed by atoms with Crippen LogP contribution in [-0.2, 0) is 0 Å². The summed E-state index contributed by atoms with van der Waals surface area (Å²) in [6.07, 6.45) is 5.23. The summed E-state index contributed by atoms with van der Waals surface area (Å²) in [4.78, 5) is 4.15. The van der Waals surface area contributed by atoms with E-state index in [9.17, 15) is 5.11 Å². The topological polar surface area (TPSA) is 95.0 Å². The zero-order valence-corrected chi connectivity index (χ0v) is 10.3. The average Bonchev–Trinajstić information content (AvgIpc) is 2.39. The lowest BCUT2D eigenvalue weighted by atomic mass is 9.87. The van der Waals surface area contributed by atoms with Crippen molar-refractivity contribution in [1.82, 2.24) is 4.98 Å². The van der Waals surface area contributed by atoms with E-state index in [0.717, 1.165) is 32.2 Å². The first kappa shape index (κ1) is 12.7. The van der Waals surface area contributed by atoms with E-state index >= 15 is 0 Å². The van der Waals surface area contributed by atoms with Crippen LogP contribution in [0.2, 0.25) is 0 Å². The van der Waals surface area contributed by atoms with E-state index in [1.54, 1.807) is 12.3 Å². The Balaban J connectivity index is 1.93. The molecular formula is C13H18N4O. The summed E-state index contributed by atoms with van der Waals surface area (Å²) in [7, 11) is 0. The Kier molecular flexibility index (Phi) is 4.00. The van der Waals surface area contributed by atoms with Gasteiger partial charge in [0, 0.05) is 12.7 Å². The van der Waals surface area contributed by atoms with Gasteiger partial charge in [0.05, 0.1) is 17.4 Å². The van der Waals surface area contributed by atoms with Crippen LogP contribution in [0, 0.1) is 17.2 Å². The maximum Gasteiger partial charge on any atom is 0.150 e. The normalized spacial score (nSPS) is 23.3. The molecule has 0 bridgehead atoms. The van der Waals surface area contributed by atoms with Crippen molar-refractivity contribution < 1.29 is 5.11 Å². The molecule has 0 spiro atoms. The number of nitrogen functional groups attached to an aromatic ring is 1. The Morgan fingerprint density at radius 2 is 2.17 bits per heavy atom. The van der Waals surface area contributed by atoms with Crippen molar-refractivity contribution in [1.29, 1.82) is 5.26 Å². The zero-order valence-electron chi connectivity index (χ0n) is 10.3. The zero-order chi connectivity index (χ0) is 13.0. The van der Waals surface area contributed by atoms with E-state index in [-0.39, 0.29) is 6.10 Å². The van der Waals surface area contributed by atoms with Crippen LogP contribution in [0.5, 0.6) is 0 Å². The summed E-state index contributed by atoms with van der Waals surface area (Å²) < 4.78 is 0. The lowest BCUT2D eigenvalue weighted by Crippen LogP contribution is -2.24. The lowest BCUT2D eigenvalue weighted by Gasteiger charge is -2.25. The van der Waals surface area contributed by atoms with Crippen molar-refractivity contribution in [3.8, 4) is 6.07 Å². The highest BCUT2D eigenvalue weighted by Gasteiger charge is 2.19. The molecule has 5 heteroatoms. The van der Waals surface area contributed by atoms with E-state index in [1.165, 1.54) is 0 Å². The van der Waals surface area contributed by atoms with Crippen molar-refractivity contribution in [2.75, 3.05) is 17.6 Å². The summed E-state index contributed by atoms with van der Waals surface area (Å²) in [5.41, 5.74) is 6.71.